The minimum atomic E-state index is -4.69. The molecule has 0 radical (unpaired) electrons. The molecule has 2 aliphatic heterocycles. The zero-order valence-electron chi connectivity index (χ0n) is 20.0. The van der Waals surface area contributed by atoms with Crippen molar-refractivity contribution in [2.75, 3.05) is 30.9 Å². The van der Waals surface area contributed by atoms with Gasteiger partial charge in [-0.25, -0.2) is 9.18 Å². The lowest BCUT2D eigenvalue weighted by Crippen LogP contribution is -2.55. The summed E-state index contributed by atoms with van der Waals surface area (Å²) in [6, 6.07) is 6.19. The summed E-state index contributed by atoms with van der Waals surface area (Å²) in [5.41, 5.74) is -0.813. The van der Waals surface area contributed by atoms with E-state index >= 15 is 0 Å². The fraction of sp³-hybridized carbons (Fsp3) is 0.440. The molecule has 2 aromatic carbocycles. The van der Waals surface area contributed by atoms with Gasteiger partial charge in [0, 0.05) is 53.9 Å². The number of methoxy groups -OCH3 is 1. The third-order valence-electron chi connectivity index (χ3n) is 6.63. The highest BCUT2D eigenvalue weighted by atomic mass is 32.2. The van der Waals surface area contributed by atoms with Crippen LogP contribution in [0.2, 0.25) is 0 Å². The number of aromatic nitrogens is 2. The van der Waals surface area contributed by atoms with E-state index in [1.807, 2.05) is 18.7 Å². The summed E-state index contributed by atoms with van der Waals surface area (Å²) in [6.07, 6.45) is -5.09. The van der Waals surface area contributed by atoms with Gasteiger partial charge in [-0.1, -0.05) is 12.1 Å². The number of thioether (sulfide) groups is 1. The van der Waals surface area contributed by atoms with Crippen LogP contribution in [0.25, 0.3) is 22.0 Å². The van der Waals surface area contributed by atoms with Gasteiger partial charge in [-0.15, -0.1) is 11.8 Å². The highest BCUT2D eigenvalue weighted by Crippen LogP contribution is 2.48. The lowest BCUT2D eigenvalue weighted by atomic mass is 9.96. The van der Waals surface area contributed by atoms with Crippen molar-refractivity contribution in [1.29, 1.82) is 0 Å². The Kier molecular flexibility index (Phi) is 6.50. The fourth-order valence-corrected chi connectivity index (χ4v) is 6.47. The lowest BCUT2D eigenvalue weighted by Gasteiger charge is -2.37. The van der Waals surface area contributed by atoms with Gasteiger partial charge < -0.3 is 15.0 Å². The van der Waals surface area contributed by atoms with Gasteiger partial charge in [-0.05, 0) is 37.6 Å². The van der Waals surface area contributed by atoms with E-state index in [4.69, 9.17) is 4.74 Å². The maximum atomic E-state index is 14.6. The first-order valence-corrected chi connectivity index (χ1v) is 12.7. The molecule has 0 spiro atoms. The minimum absolute atomic E-state index is 0.0656. The molecular weight excluding hydrogens is 496 g/mol. The summed E-state index contributed by atoms with van der Waals surface area (Å²) in [5, 5.41) is 3.67. The second-order valence-electron chi connectivity index (χ2n) is 9.40. The van der Waals surface area contributed by atoms with Crippen LogP contribution in [0.15, 0.2) is 40.0 Å². The molecule has 2 aliphatic rings. The molecule has 0 unspecified atom stereocenters. The molecule has 192 valence electrons. The Balaban J connectivity index is 1.88. The number of alkyl halides is 3. The first kappa shape index (κ1) is 25.0. The Morgan fingerprint density at radius 3 is 2.39 bits per heavy atom. The number of benzene rings is 2. The molecule has 3 atom stereocenters. The molecule has 0 amide bonds. The fourth-order valence-electron chi connectivity index (χ4n) is 5.15. The van der Waals surface area contributed by atoms with Crippen LogP contribution in [0, 0.1) is 5.82 Å². The molecule has 0 saturated carbocycles. The van der Waals surface area contributed by atoms with Gasteiger partial charge in [0.2, 0.25) is 0 Å². The van der Waals surface area contributed by atoms with Crippen molar-refractivity contribution in [3.8, 4) is 11.1 Å². The van der Waals surface area contributed by atoms with Crippen LogP contribution >= 0.6 is 11.8 Å². The van der Waals surface area contributed by atoms with Crippen molar-refractivity contribution in [2.24, 2.45) is 0 Å². The summed E-state index contributed by atoms with van der Waals surface area (Å²) in [6.45, 7) is 5.14. The number of hydrogen-bond acceptors (Lipinski definition) is 6. The second-order valence-corrected chi connectivity index (χ2v) is 10.4. The molecule has 3 aromatic rings. The van der Waals surface area contributed by atoms with Crippen molar-refractivity contribution < 1.29 is 22.3 Å². The van der Waals surface area contributed by atoms with E-state index < -0.39 is 29.4 Å². The van der Waals surface area contributed by atoms with Gasteiger partial charge in [0.25, 0.3) is 0 Å². The SMILES string of the molecule is CO[C@@H]1CSc2c(-c3ccc(F)cc3)c(C(F)(F)F)cc3c(N4C[C@@H](C)N[C@@H](C)C4)nc(=O)n(c23)C1. The Labute approximate surface area is 209 Å². The van der Waals surface area contributed by atoms with Crippen LogP contribution in [0.5, 0.6) is 0 Å². The van der Waals surface area contributed by atoms with Crippen molar-refractivity contribution in [2.45, 2.75) is 49.7 Å². The molecule has 0 bridgehead atoms. The first-order chi connectivity index (χ1) is 17.1. The second kappa shape index (κ2) is 9.35. The maximum absolute atomic E-state index is 14.6. The molecule has 3 heterocycles. The van der Waals surface area contributed by atoms with Crippen LogP contribution in [0.1, 0.15) is 19.4 Å². The van der Waals surface area contributed by atoms with Crippen molar-refractivity contribution in [3.05, 3.63) is 52.2 Å². The normalized spacial score (nSPS) is 22.6. The molecule has 0 aliphatic carbocycles. The smallest absolute Gasteiger partial charge is 0.379 e. The Bertz CT molecular complexity index is 1350. The highest BCUT2D eigenvalue weighted by molar-refractivity contribution is 7.99. The summed E-state index contributed by atoms with van der Waals surface area (Å²) < 4.78 is 64.4. The van der Waals surface area contributed by atoms with Gasteiger partial charge in [0.05, 0.1) is 23.7 Å². The first-order valence-electron chi connectivity index (χ1n) is 11.7. The van der Waals surface area contributed by atoms with Gasteiger partial charge in [0.1, 0.15) is 11.6 Å². The Hall–Kier alpha value is -2.63. The largest absolute Gasteiger partial charge is 0.417 e. The Morgan fingerprint density at radius 1 is 1.11 bits per heavy atom. The third kappa shape index (κ3) is 4.48. The molecule has 1 N–H and O–H groups in total. The lowest BCUT2D eigenvalue weighted by molar-refractivity contribution is -0.137. The Morgan fingerprint density at radius 2 is 1.78 bits per heavy atom. The molecule has 11 heteroatoms. The number of halogens is 4. The van der Waals surface area contributed by atoms with Crippen LogP contribution in [-0.4, -0.2) is 53.7 Å². The van der Waals surface area contributed by atoms with E-state index in [-0.39, 0.29) is 41.0 Å². The average molecular weight is 523 g/mol. The third-order valence-corrected chi connectivity index (χ3v) is 7.85. The van der Waals surface area contributed by atoms with Gasteiger partial charge in [-0.3, -0.25) is 4.57 Å². The summed E-state index contributed by atoms with van der Waals surface area (Å²) in [4.78, 5) is 19.9. The van der Waals surface area contributed by atoms with E-state index in [1.165, 1.54) is 35.6 Å². The van der Waals surface area contributed by atoms with Gasteiger partial charge >= 0.3 is 11.9 Å². The summed E-state index contributed by atoms with van der Waals surface area (Å²) >= 11 is 1.22. The molecule has 36 heavy (non-hydrogen) atoms. The zero-order valence-corrected chi connectivity index (χ0v) is 20.8. The van der Waals surface area contributed by atoms with Gasteiger partial charge in [0.15, 0.2) is 0 Å². The van der Waals surface area contributed by atoms with E-state index in [9.17, 15) is 22.4 Å². The van der Waals surface area contributed by atoms with Crippen LogP contribution in [0.4, 0.5) is 23.4 Å². The summed E-state index contributed by atoms with van der Waals surface area (Å²) in [5.74, 6) is 0.0518. The number of rotatable bonds is 3. The van der Waals surface area contributed by atoms with Crippen molar-refractivity contribution >= 4 is 28.5 Å². The quantitative estimate of drug-likeness (QED) is 0.511. The topological polar surface area (TPSA) is 59.4 Å². The van der Waals surface area contributed by atoms with Crippen LogP contribution in [-0.2, 0) is 17.5 Å². The average Bonchev–Trinajstić information content (AvgIpc) is 3.01. The van der Waals surface area contributed by atoms with E-state index in [2.05, 4.69) is 10.3 Å². The zero-order chi connectivity index (χ0) is 25.8. The predicted octanol–water partition coefficient (Wildman–Crippen LogP) is 4.53. The number of hydrogen-bond donors (Lipinski definition) is 1. The minimum Gasteiger partial charge on any atom is -0.379 e. The van der Waals surface area contributed by atoms with Crippen LogP contribution < -0.4 is 15.9 Å². The number of ether oxygens (including phenoxy) is 1. The number of piperazine rings is 1. The number of anilines is 1. The molecule has 1 aromatic heterocycles. The molecular formula is C25H26F4N4O2S. The molecule has 5 rings (SSSR count). The molecule has 6 nitrogen and oxygen atoms in total. The maximum Gasteiger partial charge on any atom is 0.417 e. The van der Waals surface area contributed by atoms with Crippen molar-refractivity contribution in [1.82, 2.24) is 14.9 Å². The molecule has 1 fully saturated rings. The monoisotopic (exact) mass is 522 g/mol. The van der Waals surface area contributed by atoms with Crippen molar-refractivity contribution in [3.63, 3.8) is 0 Å². The van der Waals surface area contributed by atoms with Crippen LogP contribution in [0.3, 0.4) is 0 Å². The van der Waals surface area contributed by atoms with E-state index in [1.54, 1.807) is 0 Å². The standard InChI is InChI=1S/C25H26F4N4O2S/c1-13-9-32(10-14(2)30-13)23-18-8-19(25(27,28)29)20(15-4-6-16(26)7-5-15)22-21(18)33(24(34)31-23)11-17(35-3)12-36-22/h4-8,13-14,17,30H,9-12H2,1-3H3/t13-,14+,17-/m0/s1. The van der Waals surface area contributed by atoms with E-state index in [0.717, 1.165) is 18.2 Å². The van der Waals surface area contributed by atoms with Gasteiger partial charge in [-0.2, -0.15) is 18.2 Å². The number of nitrogens with zero attached hydrogens (tertiary/aromatic N) is 3. The summed E-state index contributed by atoms with van der Waals surface area (Å²) in [7, 11) is 1.51. The highest BCUT2D eigenvalue weighted by Gasteiger charge is 2.38. The number of nitrogens with one attached hydrogen (secondary N) is 1. The molecule has 1 saturated heterocycles. The predicted molar refractivity (Wildman–Crippen MR) is 132 cm³/mol. The van der Waals surface area contributed by atoms with E-state index in [0.29, 0.717) is 29.3 Å².